The summed E-state index contributed by atoms with van der Waals surface area (Å²) in [5.74, 6) is 1.35. The molecule has 0 spiro atoms. The Hall–Kier alpha value is -4.82. The Bertz CT molecular complexity index is 1610. The average molecular weight is 586 g/mol. The lowest BCUT2D eigenvalue weighted by atomic mass is 9.83. The molecule has 0 unspecified atom stereocenters. The van der Waals surface area contributed by atoms with E-state index in [2.05, 4.69) is 9.88 Å². The number of rotatable bonds is 8. The first-order chi connectivity index (χ1) is 21.6. The van der Waals surface area contributed by atoms with Crippen molar-refractivity contribution in [3.8, 4) is 5.75 Å². The van der Waals surface area contributed by atoms with Crippen molar-refractivity contribution in [1.82, 2.24) is 14.8 Å². The van der Waals surface area contributed by atoms with E-state index in [4.69, 9.17) is 9.73 Å². The Morgan fingerprint density at radius 3 is 2.11 bits per heavy atom. The molecular weight excluding hydrogens is 550 g/mol. The Balaban J connectivity index is 1.08. The normalized spacial score (nSPS) is 18.6. The van der Waals surface area contributed by atoms with Crippen LogP contribution in [0.3, 0.4) is 0 Å². The fourth-order valence-electron chi connectivity index (χ4n) is 6.73. The van der Waals surface area contributed by atoms with Gasteiger partial charge in [0, 0.05) is 31.9 Å². The fourth-order valence-corrected chi connectivity index (χ4v) is 6.73. The summed E-state index contributed by atoms with van der Waals surface area (Å²) in [6.07, 6.45) is 4.33. The molecule has 0 saturated carbocycles. The number of anilines is 1. The molecule has 0 atom stereocenters. The molecule has 0 bridgehead atoms. The Morgan fingerprint density at radius 1 is 0.773 bits per heavy atom. The minimum absolute atomic E-state index is 0.0244. The van der Waals surface area contributed by atoms with E-state index in [0.717, 1.165) is 61.5 Å². The van der Waals surface area contributed by atoms with Gasteiger partial charge in [0.15, 0.2) is 18.0 Å². The number of ether oxygens (including phenoxy) is 1. The topological polar surface area (TPSA) is 78.3 Å². The number of piperidine rings is 1. The van der Waals surface area contributed by atoms with Gasteiger partial charge in [-0.05, 0) is 61.2 Å². The van der Waals surface area contributed by atoms with Crippen molar-refractivity contribution in [2.24, 2.45) is 4.99 Å². The highest BCUT2D eigenvalue weighted by Gasteiger charge is 2.51. The lowest BCUT2D eigenvalue weighted by molar-refractivity contribution is -0.130. The molecule has 0 aliphatic carbocycles. The molecule has 3 aliphatic heterocycles. The number of aliphatic imine (C=N–C) groups is 1. The monoisotopic (exact) mass is 585 g/mol. The predicted molar refractivity (Wildman–Crippen MR) is 170 cm³/mol. The van der Waals surface area contributed by atoms with Gasteiger partial charge in [0.2, 0.25) is 0 Å². The maximum absolute atomic E-state index is 14.6. The number of amides is 2. The van der Waals surface area contributed by atoms with Gasteiger partial charge in [-0.15, -0.1) is 0 Å². The zero-order valence-electron chi connectivity index (χ0n) is 24.6. The van der Waals surface area contributed by atoms with E-state index < -0.39 is 5.54 Å². The summed E-state index contributed by atoms with van der Waals surface area (Å²) in [4.78, 5) is 43.4. The van der Waals surface area contributed by atoms with Crippen LogP contribution < -0.4 is 9.64 Å². The zero-order chi connectivity index (χ0) is 29.9. The second kappa shape index (κ2) is 12.1. The molecule has 8 nitrogen and oxygen atoms in total. The summed E-state index contributed by atoms with van der Waals surface area (Å²) in [6.45, 7) is 3.26. The van der Waals surface area contributed by atoms with Gasteiger partial charge >= 0.3 is 0 Å². The van der Waals surface area contributed by atoms with Crippen LogP contribution in [0.5, 0.6) is 5.75 Å². The second-order valence-electron chi connectivity index (χ2n) is 11.5. The number of aromatic nitrogens is 1. The molecule has 3 aliphatic rings. The molecule has 2 amide bonds. The van der Waals surface area contributed by atoms with Crippen LogP contribution in [0.1, 0.15) is 36.1 Å². The molecule has 0 radical (unpaired) electrons. The summed E-state index contributed by atoms with van der Waals surface area (Å²) in [5, 5.41) is 0. The number of nitrogens with zero attached hydrogens (tertiary/aromatic N) is 5. The lowest BCUT2D eigenvalue weighted by Gasteiger charge is -2.40. The van der Waals surface area contributed by atoms with E-state index >= 15 is 0 Å². The van der Waals surface area contributed by atoms with Gasteiger partial charge < -0.3 is 14.5 Å². The molecule has 1 aromatic heterocycles. The van der Waals surface area contributed by atoms with Gasteiger partial charge in [-0.25, -0.2) is 4.99 Å². The molecule has 3 aromatic carbocycles. The van der Waals surface area contributed by atoms with Crippen molar-refractivity contribution in [2.45, 2.75) is 30.8 Å². The van der Waals surface area contributed by atoms with Gasteiger partial charge in [0.1, 0.15) is 11.4 Å². The summed E-state index contributed by atoms with van der Waals surface area (Å²) < 4.78 is 5.65. The number of carbonyl (C=O) groups is 2. The average Bonchev–Trinajstić information content (AvgIpc) is 3.39. The number of likely N-dealkylation sites (tertiary alicyclic amines) is 1. The third-order valence-electron chi connectivity index (χ3n) is 8.88. The quantitative estimate of drug-likeness (QED) is 0.294. The Morgan fingerprint density at radius 2 is 1.43 bits per heavy atom. The third-order valence-corrected chi connectivity index (χ3v) is 8.88. The molecular formula is C36H35N5O3. The van der Waals surface area contributed by atoms with E-state index in [1.165, 1.54) is 0 Å². The number of para-hydroxylation sites is 2. The van der Waals surface area contributed by atoms with Crippen molar-refractivity contribution in [3.63, 3.8) is 0 Å². The highest BCUT2D eigenvalue weighted by atomic mass is 16.5. The molecule has 7 rings (SSSR count). The predicted octanol–water partition coefficient (Wildman–Crippen LogP) is 4.89. The minimum atomic E-state index is -1.17. The van der Waals surface area contributed by atoms with Gasteiger partial charge in [-0.1, -0.05) is 78.9 Å². The standard InChI is InChI=1S/C36H35N5O3/c42-33-26-44-32-18-8-7-17-31(32)41(33)29-19-24-39(25-20-29)22-11-23-40-34(30-16-9-10-21-37-30)38-36(35(40)43,27-12-3-1-4-13-27)28-14-5-2-6-15-28/h1-10,12-18,21,29H,11,19-20,22-26H2. The molecule has 4 aromatic rings. The van der Waals surface area contributed by atoms with Gasteiger partial charge in [0.25, 0.3) is 11.8 Å². The molecule has 0 N–H and O–H groups in total. The number of amidine groups is 1. The summed E-state index contributed by atoms with van der Waals surface area (Å²) in [7, 11) is 0. The van der Waals surface area contributed by atoms with Crippen LogP contribution in [0.25, 0.3) is 0 Å². The zero-order valence-corrected chi connectivity index (χ0v) is 24.6. The third kappa shape index (κ3) is 5.05. The highest BCUT2D eigenvalue weighted by Crippen LogP contribution is 2.41. The summed E-state index contributed by atoms with van der Waals surface area (Å²) in [5.41, 5.74) is 2.07. The van der Waals surface area contributed by atoms with Crippen molar-refractivity contribution < 1.29 is 14.3 Å². The van der Waals surface area contributed by atoms with Gasteiger partial charge in [-0.2, -0.15) is 0 Å². The van der Waals surface area contributed by atoms with Crippen LogP contribution in [0.15, 0.2) is 114 Å². The first-order valence-corrected chi connectivity index (χ1v) is 15.4. The van der Waals surface area contributed by atoms with E-state index in [9.17, 15) is 9.59 Å². The number of carbonyl (C=O) groups excluding carboxylic acids is 2. The van der Waals surface area contributed by atoms with Crippen LogP contribution in [0.4, 0.5) is 5.69 Å². The van der Waals surface area contributed by atoms with Gasteiger partial charge in [-0.3, -0.25) is 19.5 Å². The summed E-state index contributed by atoms with van der Waals surface area (Å²) in [6, 6.07) is 33.3. The molecule has 222 valence electrons. The fraction of sp³-hybridized carbons (Fsp3) is 0.278. The molecule has 1 saturated heterocycles. The number of benzene rings is 3. The van der Waals surface area contributed by atoms with Crippen LogP contribution in [0.2, 0.25) is 0 Å². The number of pyridine rings is 1. The van der Waals surface area contributed by atoms with Crippen LogP contribution in [-0.4, -0.2) is 71.3 Å². The van der Waals surface area contributed by atoms with E-state index in [1.807, 2.05) is 113 Å². The van der Waals surface area contributed by atoms with E-state index in [0.29, 0.717) is 18.1 Å². The van der Waals surface area contributed by atoms with Gasteiger partial charge in [0.05, 0.1) is 5.69 Å². The first kappa shape index (κ1) is 28.0. The molecule has 4 heterocycles. The smallest absolute Gasteiger partial charge is 0.265 e. The van der Waals surface area contributed by atoms with Crippen molar-refractivity contribution in [1.29, 1.82) is 0 Å². The largest absolute Gasteiger partial charge is 0.482 e. The van der Waals surface area contributed by atoms with Crippen molar-refractivity contribution >= 4 is 23.3 Å². The van der Waals surface area contributed by atoms with E-state index in [-0.39, 0.29) is 24.5 Å². The SMILES string of the molecule is O=C1COc2ccccc2N1C1CCN(CCCN2C(=O)C(c3ccccc3)(c3ccccc3)N=C2c2ccccn2)CC1. The molecule has 44 heavy (non-hydrogen) atoms. The highest BCUT2D eigenvalue weighted by molar-refractivity contribution is 6.16. The first-order valence-electron chi connectivity index (χ1n) is 15.4. The van der Waals surface area contributed by atoms with Crippen LogP contribution in [0, 0.1) is 0 Å². The number of hydrogen-bond acceptors (Lipinski definition) is 6. The Labute approximate surface area is 257 Å². The van der Waals surface area contributed by atoms with Crippen LogP contribution >= 0.6 is 0 Å². The van der Waals surface area contributed by atoms with Crippen molar-refractivity contribution in [3.05, 3.63) is 126 Å². The molecule has 1 fully saturated rings. The molecule has 8 heteroatoms. The maximum atomic E-state index is 14.6. The number of fused-ring (bicyclic) bond motifs is 1. The minimum Gasteiger partial charge on any atom is -0.482 e. The second-order valence-corrected chi connectivity index (χ2v) is 11.5. The van der Waals surface area contributed by atoms with Crippen molar-refractivity contribution in [2.75, 3.05) is 37.7 Å². The number of hydrogen-bond donors (Lipinski definition) is 0. The lowest BCUT2D eigenvalue weighted by Crippen LogP contribution is -2.51. The summed E-state index contributed by atoms with van der Waals surface area (Å²) >= 11 is 0. The Kier molecular flexibility index (Phi) is 7.66. The van der Waals surface area contributed by atoms with Crippen LogP contribution in [-0.2, 0) is 15.1 Å². The maximum Gasteiger partial charge on any atom is 0.265 e. The van der Waals surface area contributed by atoms with E-state index in [1.54, 1.807) is 6.20 Å².